The SMILES string of the molecule is C1=Cc2ccccc2C2(C1)CCNCC2. The van der Waals surface area contributed by atoms with E-state index in [1.807, 2.05) is 0 Å². The third-order valence-electron chi connectivity index (χ3n) is 3.90. The summed E-state index contributed by atoms with van der Waals surface area (Å²) in [7, 11) is 0. The molecule has 78 valence electrons. The van der Waals surface area contributed by atoms with Gasteiger partial charge in [-0.15, -0.1) is 0 Å². The minimum Gasteiger partial charge on any atom is -0.317 e. The van der Waals surface area contributed by atoms with E-state index in [0.717, 1.165) is 0 Å². The molecule has 1 aromatic carbocycles. The standard InChI is InChI=1S/C14H17N/c1-2-6-13-12(4-1)5-3-7-14(13)8-10-15-11-9-14/h1-6,15H,7-11H2. The van der Waals surface area contributed by atoms with E-state index in [1.54, 1.807) is 5.56 Å². The Morgan fingerprint density at radius 1 is 1.07 bits per heavy atom. The Kier molecular flexibility index (Phi) is 2.14. The first-order valence-electron chi connectivity index (χ1n) is 5.88. The molecule has 0 aromatic heterocycles. The van der Waals surface area contributed by atoms with Crippen molar-refractivity contribution >= 4 is 6.08 Å². The van der Waals surface area contributed by atoms with E-state index in [0.29, 0.717) is 5.41 Å². The first-order chi connectivity index (χ1) is 7.41. The van der Waals surface area contributed by atoms with Crippen LogP contribution in [0.15, 0.2) is 30.3 Å². The average molecular weight is 199 g/mol. The van der Waals surface area contributed by atoms with Gasteiger partial charge in [0.25, 0.3) is 0 Å². The average Bonchev–Trinajstić information content (AvgIpc) is 2.31. The number of fused-ring (bicyclic) bond motifs is 2. The summed E-state index contributed by atoms with van der Waals surface area (Å²) in [6.07, 6.45) is 8.44. The van der Waals surface area contributed by atoms with Crippen molar-refractivity contribution < 1.29 is 0 Å². The second kappa shape index (κ2) is 3.49. The smallest absolute Gasteiger partial charge is 0.00176 e. The van der Waals surface area contributed by atoms with Gasteiger partial charge >= 0.3 is 0 Å². The van der Waals surface area contributed by atoms with Gasteiger partial charge in [0.1, 0.15) is 0 Å². The van der Waals surface area contributed by atoms with E-state index in [9.17, 15) is 0 Å². The summed E-state index contributed by atoms with van der Waals surface area (Å²) >= 11 is 0. The van der Waals surface area contributed by atoms with E-state index >= 15 is 0 Å². The molecule has 15 heavy (non-hydrogen) atoms. The highest BCUT2D eigenvalue weighted by molar-refractivity contribution is 5.59. The van der Waals surface area contributed by atoms with Crippen LogP contribution in [0.3, 0.4) is 0 Å². The molecular weight excluding hydrogens is 182 g/mol. The molecule has 0 bridgehead atoms. The fraction of sp³-hybridized carbons (Fsp3) is 0.429. The third-order valence-corrected chi connectivity index (χ3v) is 3.90. The lowest BCUT2D eigenvalue weighted by molar-refractivity contribution is 0.307. The van der Waals surface area contributed by atoms with E-state index in [-0.39, 0.29) is 0 Å². The Hall–Kier alpha value is -1.08. The zero-order valence-corrected chi connectivity index (χ0v) is 9.00. The Morgan fingerprint density at radius 3 is 2.73 bits per heavy atom. The van der Waals surface area contributed by atoms with Crippen molar-refractivity contribution in [3.05, 3.63) is 41.5 Å². The number of benzene rings is 1. The molecule has 1 heterocycles. The van der Waals surface area contributed by atoms with Crippen molar-refractivity contribution in [2.24, 2.45) is 0 Å². The van der Waals surface area contributed by atoms with E-state index in [2.05, 4.69) is 41.7 Å². The van der Waals surface area contributed by atoms with Gasteiger partial charge in [-0.3, -0.25) is 0 Å². The normalized spacial score (nSPS) is 22.7. The van der Waals surface area contributed by atoms with Gasteiger partial charge in [-0.05, 0) is 43.5 Å². The van der Waals surface area contributed by atoms with Crippen molar-refractivity contribution in [2.45, 2.75) is 24.7 Å². The fourth-order valence-electron chi connectivity index (χ4n) is 3.03. The summed E-state index contributed by atoms with van der Waals surface area (Å²) in [5, 5.41) is 3.46. The van der Waals surface area contributed by atoms with E-state index in [4.69, 9.17) is 0 Å². The maximum absolute atomic E-state index is 3.46. The van der Waals surface area contributed by atoms with Crippen LogP contribution in [0.1, 0.15) is 30.4 Å². The molecule has 2 aliphatic rings. The third kappa shape index (κ3) is 1.42. The molecule has 1 N–H and O–H groups in total. The molecule has 0 saturated carbocycles. The summed E-state index contributed by atoms with van der Waals surface area (Å²) in [6, 6.07) is 8.89. The first-order valence-corrected chi connectivity index (χ1v) is 5.88. The van der Waals surface area contributed by atoms with Crippen LogP contribution in [-0.2, 0) is 5.41 Å². The lowest BCUT2D eigenvalue weighted by Crippen LogP contribution is -2.40. The molecule has 1 nitrogen and oxygen atoms in total. The molecule has 0 radical (unpaired) electrons. The van der Waals surface area contributed by atoms with Crippen molar-refractivity contribution in [3.63, 3.8) is 0 Å². The predicted molar refractivity (Wildman–Crippen MR) is 63.9 cm³/mol. The number of nitrogens with one attached hydrogen (secondary N) is 1. The molecule has 0 unspecified atom stereocenters. The van der Waals surface area contributed by atoms with Crippen molar-refractivity contribution in [3.8, 4) is 0 Å². The zero-order chi connectivity index (χ0) is 10.1. The minimum atomic E-state index is 0.441. The van der Waals surface area contributed by atoms with Crippen LogP contribution < -0.4 is 5.32 Å². The molecule has 1 aromatic rings. The summed E-state index contributed by atoms with van der Waals surface area (Å²) < 4.78 is 0. The summed E-state index contributed by atoms with van der Waals surface area (Å²) in [5.41, 5.74) is 3.45. The number of allylic oxidation sites excluding steroid dienone is 1. The monoisotopic (exact) mass is 199 g/mol. The minimum absolute atomic E-state index is 0.441. The van der Waals surface area contributed by atoms with Gasteiger partial charge in [0.2, 0.25) is 0 Å². The van der Waals surface area contributed by atoms with Crippen LogP contribution in [-0.4, -0.2) is 13.1 Å². The quantitative estimate of drug-likeness (QED) is 0.677. The highest BCUT2D eigenvalue weighted by Crippen LogP contribution is 2.41. The Morgan fingerprint density at radius 2 is 1.87 bits per heavy atom. The van der Waals surface area contributed by atoms with Gasteiger partial charge in [-0.2, -0.15) is 0 Å². The van der Waals surface area contributed by atoms with Crippen molar-refractivity contribution in [1.29, 1.82) is 0 Å². The van der Waals surface area contributed by atoms with Crippen molar-refractivity contribution in [2.75, 3.05) is 13.1 Å². The van der Waals surface area contributed by atoms with Gasteiger partial charge < -0.3 is 5.32 Å². The van der Waals surface area contributed by atoms with Gasteiger partial charge in [-0.1, -0.05) is 36.4 Å². The molecule has 1 spiro atoms. The molecule has 1 heteroatoms. The highest BCUT2D eigenvalue weighted by atomic mass is 14.9. The Labute approximate surface area is 91.2 Å². The second-order valence-electron chi connectivity index (χ2n) is 4.72. The lowest BCUT2D eigenvalue weighted by Gasteiger charge is -2.40. The maximum atomic E-state index is 3.46. The Bertz CT molecular complexity index is 386. The van der Waals surface area contributed by atoms with Gasteiger partial charge in [-0.25, -0.2) is 0 Å². The van der Waals surface area contributed by atoms with Crippen LogP contribution in [0.25, 0.3) is 6.08 Å². The molecule has 1 aliphatic heterocycles. The van der Waals surface area contributed by atoms with Gasteiger partial charge in [0, 0.05) is 5.41 Å². The predicted octanol–water partition coefficient (Wildman–Crippen LogP) is 2.72. The second-order valence-corrected chi connectivity index (χ2v) is 4.72. The summed E-state index contributed by atoms with van der Waals surface area (Å²) in [5.74, 6) is 0. The number of hydrogen-bond donors (Lipinski definition) is 1. The zero-order valence-electron chi connectivity index (χ0n) is 9.00. The summed E-state index contributed by atoms with van der Waals surface area (Å²) in [4.78, 5) is 0. The fourth-order valence-corrected chi connectivity index (χ4v) is 3.03. The Balaban J connectivity index is 2.08. The number of hydrogen-bond acceptors (Lipinski definition) is 1. The molecule has 1 fully saturated rings. The molecule has 1 aliphatic carbocycles. The van der Waals surface area contributed by atoms with Crippen LogP contribution >= 0.6 is 0 Å². The molecule has 1 saturated heterocycles. The highest BCUT2D eigenvalue weighted by Gasteiger charge is 2.35. The molecular formula is C14H17N. The number of rotatable bonds is 0. The van der Waals surface area contributed by atoms with E-state index < -0.39 is 0 Å². The molecule has 3 rings (SSSR count). The van der Waals surface area contributed by atoms with Gasteiger partial charge in [0.05, 0.1) is 0 Å². The topological polar surface area (TPSA) is 12.0 Å². The van der Waals surface area contributed by atoms with Crippen LogP contribution in [0, 0.1) is 0 Å². The van der Waals surface area contributed by atoms with Crippen molar-refractivity contribution in [1.82, 2.24) is 5.32 Å². The van der Waals surface area contributed by atoms with Gasteiger partial charge in [0.15, 0.2) is 0 Å². The maximum Gasteiger partial charge on any atom is 0.00176 e. The molecule has 0 atom stereocenters. The summed E-state index contributed by atoms with van der Waals surface area (Å²) in [6.45, 7) is 2.34. The molecule has 0 amide bonds. The van der Waals surface area contributed by atoms with Crippen LogP contribution in [0.4, 0.5) is 0 Å². The lowest BCUT2D eigenvalue weighted by atomic mass is 9.67. The van der Waals surface area contributed by atoms with E-state index in [1.165, 1.54) is 37.9 Å². The number of piperidine rings is 1. The largest absolute Gasteiger partial charge is 0.317 e. The van der Waals surface area contributed by atoms with Crippen LogP contribution in [0.2, 0.25) is 0 Å². The first kappa shape index (κ1) is 9.17. The van der Waals surface area contributed by atoms with Crippen LogP contribution in [0.5, 0.6) is 0 Å².